The van der Waals surface area contributed by atoms with E-state index in [4.69, 9.17) is 0 Å². The minimum atomic E-state index is 1.27. The van der Waals surface area contributed by atoms with Crippen molar-refractivity contribution in [2.45, 2.75) is 0 Å². The van der Waals surface area contributed by atoms with Gasteiger partial charge in [-0.25, -0.2) is 0 Å². The lowest BCUT2D eigenvalue weighted by Crippen LogP contribution is -1.91. The summed E-state index contributed by atoms with van der Waals surface area (Å²) in [6.45, 7) is 0. The molecule has 1 aliphatic rings. The molecule has 0 saturated heterocycles. The van der Waals surface area contributed by atoms with Crippen molar-refractivity contribution >= 4 is 0 Å². The van der Waals surface area contributed by atoms with Gasteiger partial charge in [0.25, 0.3) is 0 Å². The molecule has 0 heterocycles. The van der Waals surface area contributed by atoms with Crippen molar-refractivity contribution in [3.63, 3.8) is 0 Å². The normalized spacial score (nSPS) is 18.0. The van der Waals surface area contributed by atoms with Gasteiger partial charge in [-0.15, -0.1) is 0 Å². The summed E-state index contributed by atoms with van der Waals surface area (Å²) in [7, 11) is 0. The van der Waals surface area contributed by atoms with Gasteiger partial charge in [0.2, 0.25) is 0 Å². The SMILES string of the molecule is [CH]1[CH][CH][C](c2ccc[cH+]cc2)[CH]1. The minimum Gasteiger partial charge on any atom is -0.0305 e. The van der Waals surface area contributed by atoms with Crippen LogP contribution in [0.3, 0.4) is 0 Å². The molecule has 1 aromatic rings. The fourth-order valence-corrected chi connectivity index (χ4v) is 1.26. The Morgan fingerprint density at radius 3 is 2.58 bits per heavy atom. The summed E-state index contributed by atoms with van der Waals surface area (Å²) < 4.78 is 0. The van der Waals surface area contributed by atoms with Gasteiger partial charge in [0, 0.05) is 47.9 Å². The standard InChI is InChI=1S/C12H10/c1-2-4-8-11(7-3-1)12-9-5-6-10-12/h1-10H/q+1. The summed E-state index contributed by atoms with van der Waals surface area (Å²) in [4.78, 5) is 0. The van der Waals surface area contributed by atoms with Gasteiger partial charge < -0.3 is 0 Å². The van der Waals surface area contributed by atoms with Crippen molar-refractivity contribution in [1.82, 2.24) is 0 Å². The van der Waals surface area contributed by atoms with Gasteiger partial charge >= 0.3 is 0 Å². The lowest BCUT2D eigenvalue weighted by atomic mass is 10.00. The molecule has 0 amide bonds. The van der Waals surface area contributed by atoms with Crippen LogP contribution in [0.25, 0.3) is 0 Å². The molecular formula is C12H10+. The highest BCUT2D eigenvalue weighted by atomic mass is 14.2. The Morgan fingerprint density at radius 2 is 1.75 bits per heavy atom. The maximum Gasteiger partial charge on any atom is 0.0470 e. The molecule has 0 aliphatic heterocycles. The second kappa shape index (κ2) is 3.66. The van der Waals surface area contributed by atoms with E-state index in [9.17, 15) is 0 Å². The van der Waals surface area contributed by atoms with E-state index >= 15 is 0 Å². The summed E-state index contributed by atoms with van der Waals surface area (Å²) in [6.07, 6.45) is 8.36. The number of hydrogen-bond acceptors (Lipinski definition) is 0. The first-order chi connectivity index (χ1) is 5.97. The van der Waals surface area contributed by atoms with E-state index in [-0.39, 0.29) is 0 Å². The van der Waals surface area contributed by atoms with E-state index in [1.165, 1.54) is 11.5 Å². The first kappa shape index (κ1) is 7.72. The van der Waals surface area contributed by atoms with E-state index in [0.717, 1.165) is 0 Å². The molecule has 0 unspecified atom stereocenters. The first-order valence-corrected chi connectivity index (χ1v) is 4.07. The van der Waals surface area contributed by atoms with Gasteiger partial charge in [0.1, 0.15) is 0 Å². The van der Waals surface area contributed by atoms with Crippen LogP contribution in [-0.2, 0) is 0 Å². The third-order valence-electron chi connectivity index (χ3n) is 1.88. The summed E-state index contributed by atoms with van der Waals surface area (Å²) in [5.74, 6) is 1.28. The zero-order valence-electron chi connectivity index (χ0n) is 6.77. The van der Waals surface area contributed by atoms with Crippen LogP contribution >= 0.6 is 0 Å². The van der Waals surface area contributed by atoms with Gasteiger partial charge in [-0.3, -0.25) is 0 Å². The van der Waals surface area contributed by atoms with Crippen LogP contribution in [0.4, 0.5) is 0 Å². The molecule has 0 bridgehead atoms. The van der Waals surface area contributed by atoms with Gasteiger partial charge in [0.15, 0.2) is 0 Å². The van der Waals surface area contributed by atoms with Crippen LogP contribution in [0.1, 0.15) is 5.56 Å². The van der Waals surface area contributed by atoms with Crippen LogP contribution < -0.4 is 0 Å². The largest absolute Gasteiger partial charge is 0.0470 e. The van der Waals surface area contributed by atoms with Crippen LogP contribution in [-0.4, -0.2) is 0 Å². The molecule has 5 radical (unpaired) electrons. The van der Waals surface area contributed by atoms with Gasteiger partial charge in [-0.1, -0.05) is 0 Å². The lowest BCUT2D eigenvalue weighted by molar-refractivity contribution is 1.30. The third-order valence-corrected chi connectivity index (χ3v) is 1.88. The average Bonchev–Trinajstić information content (AvgIpc) is 2.48. The van der Waals surface area contributed by atoms with Crippen molar-refractivity contribution in [3.05, 3.63) is 73.6 Å². The van der Waals surface area contributed by atoms with E-state index in [1.807, 2.05) is 12.1 Å². The summed E-state index contributed by atoms with van der Waals surface area (Å²) in [5.41, 5.74) is 1.27. The fraction of sp³-hybridized carbons (Fsp3) is 0. The molecule has 57 valence electrons. The molecule has 2 rings (SSSR count). The monoisotopic (exact) mass is 154 g/mol. The molecule has 1 aliphatic carbocycles. The van der Waals surface area contributed by atoms with Crippen molar-refractivity contribution in [2.24, 2.45) is 0 Å². The Balaban J connectivity index is 2.22. The van der Waals surface area contributed by atoms with Crippen molar-refractivity contribution in [2.75, 3.05) is 0 Å². The average molecular weight is 154 g/mol. The maximum absolute atomic E-state index is 2.12. The zero-order chi connectivity index (χ0) is 8.23. The quantitative estimate of drug-likeness (QED) is 0.545. The number of rotatable bonds is 1. The Hall–Kier alpha value is -0.910. The highest BCUT2D eigenvalue weighted by molar-refractivity contribution is 5.49. The molecule has 0 nitrogen and oxygen atoms in total. The van der Waals surface area contributed by atoms with E-state index in [1.54, 1.807) is 0 Å². The molecule has 0 heteroatoms. The minimum absolute atomic E-state index is 1.27. The second-order valence-corrected chi connectivity index (χ2v) is 2.73. The molecule has 1 fully saturated rings. The van der Waals surface area contributed by atoms with Gasteiger partial charge in [0.05, 0.1) is 0 Å². The molecule has 0 aromatic heterocycles. The van der Waals surface area contributed by atoms with Gasteiger partial charge in [-0.2, -0.15) is 0 Å². The topological polar surface area (TPSA) is 0 Å². The highest BCUT2D eigenvalue weighted by Gasteiger charge is 2.19. The summed E-state index contributed by atoms with van der Waals surface area (Å²) in [6, 6.07) is 12.4. The van der Waals surface area contributed by atoms with Crippen LogP contribution in [0.5, 0.6) is 0 Å². The smallest absolute Gasteiger partial charge is 0.0305 e. The first-order valence-electron chi connectivity index (χ1n) is 4.07. The Labute approximate surface area is 74.3 Å². The zero-order valence-corrected chi connectivity index (χ0v) is 6.77. The summed E-state index contributed by atoms with van der Waals surface area (Å²) in [5, 5.41) is 0. The van der Waals surface area contributed by atoms with E-state index in [0.29, 0.717) is 0 Å². The van der Waals surface area contributed by atoms with Crippen molar-refractivity contribution in [1.29, 1.82) is 0 Å². The van der Waals surface area contributed by atoms with Crippen LogP contribution in [0.15, 0.2) is 36.4 Å². The predicted molar refractivity (Wildman–Crippen MR) is 50.4 cm³/mol. The Bertz CT molecular complexity index is 233. The molecule has 0 spiro atoms. The molecule has 1 saturated carbocycles. The fourth-order valence-electron chi connectivity index (χ4n) is 1.26. The summed E-state index contributed by atoms with van der Waals surface area (Å²) >= 11 is 0. The van der Waals surface area contributed by atoms with Crippen LogP contribution in [0.2, 0.25) is 0 Å². The Kier molecular flexibility index (Phi) is 2.36. The van der Waals surface area contributed by atoms with Crippen molar-refractivity contribution in [3.8, 4) is 0 Å². The van der Waals surface area contributed by atoms with Crippen molar-refractivity contribution < 1.29 is 0 Å². The lowest BCUT2D eigenvalue weighted by Gasteiger charge is -2.00. The second-order valence-electron chi connectivity index (χ2n) is 2.73. The van der Waals surface area contributed by atoms with E-state index in [2.05, 4.69) is 49.9 Å². The molecule has 0 atom stereocenters. The molecule has 1 aromatic carbocycles. The molecular weight excluding hydrogens is 144 g/mol. The Morgan fingerprint density at radius 1 is 0.917 bits per heavy atom. The maximum atomic E-state index is 2.12. The molecule has 0 N–H and O–H groups in total. The predicted octanol–water partition coefficient (Wildman–Crippen LogP) is 2.72. The van der Waals surface area contributed by atoms with Crippen LogP contribution in [0, 0.1) is 31.6 Å². The number of hydrogen-bond donors (Lipinski definition) is 0. The molecule has 12 heavy (non-hydrogen) atoms. The van der Waals surface area contributed by atoms with Gasteiger partial charge in [-0.05, 0) is 25.7 Å². The third kappa shape index (κ3) is 1.63. The highest BCUT2D eigenvalue weighted by Crippen LogP contribution is 2.29. The van der Waals surface area contributed by atoms with E-state index < -0.39 is 0 Å².